The van der Waals surface area contributed by atoms with Crippen molar-refractivity contribution < 1.29 is 13.9 Å². The maximum atomic E-state index is 11.5. The van der Waals surface area contributed by atoms with E-state index in [2.05, 4.69) is 5.92 Å². The van der Waals surface area contributed by atoms with Crippen LogP contribution in [0.15, 0.2) is 40.8 Å². The molecule has 0 saturated carbocycles. The van der Waals surface area contributed by atoms with Gasteiger partial charge in [0.25, 0.3) is 0 Å². The predicted octanol–water partition coefficient (Wildman–Crippen LogP) is 2.32. The van der Waals surface area contributed by atoms with E-state index in [0.717, 1.165) is 5.56 Å². The van der Waals surface area contributed by atoms with Gasteiger partial charge in [0.05, 0.1) is 0 Å². The highest BCUT2D eigenvalue weighted by atomic mass is 16.5. The second-order valence-electron chi connectivity index (χ2n) is 3.57. The molecule has 2 N–H and O–H groups in total. The molecule has 0 aliphatic heterocycles. The Morgan fingerprint density at radius 2 is 2.22 bits per heavy atom. The number of ether oxygens (including phenoxy) is 1. The summed E-state index contributed by atoms with van der Waals surface area (Å²) in [5.74, 6) is 2.30. The number of hydrogen-bond donors (Lipinski definition) is 1. The zero-order chi connectivity index (χ0) is 13.0. The van der Waals surface area contributed by atoms with E-state index in [4.69, 9.17) is 21.3 Å². The lowest BCUT2D eigenvalue weighted by atomic mass is 10.1. The molecular formula is C14H11NO3. The highest BCUT2D eigenvalue weighted by Crippen LogP contribution is 2.24. The maximum Gasteiger partial charge on any atom is 0.375 e. The quantitative estimate of drug-likeness (QED) is 0.508. The number of carbonyl (C=O) groups excluding carboxylic acids is 1. The predicted molar refractivity (Wildman–Crippen MR) is 67.7 cm³/mol. The summed E-state index contributed by atoms with van der Waals surface area (Å²) in [4.78, 5) is 11.5. The minimum absolute atomic E-state index is 0.0762. The number of terminal acetylenes is 1. The van der Waals surface area contributed by atoms with Gasteiger partial charge in [-0.05, 0) is 24.3 Å². The minimum atomic E-state index is -0.580. The van der Waals surface area contributed by atoms with E-state index in [0.29, 0.717) is 11.4 Å². The minimum Gasteiger partial charge on any atom is -0.449 e. The van der Waals surface area contributed by atoms with Crippen molar-refractivity contribution in [1.29, 1.82) is 0 Å². The van der Waals surface area contributed by atoms with Crippen molar-refractivity contribution in [2.45, 2.75) is 0 Å². The van der Waals surface area contributed by atoms with Crippen molar-refractivity contribution in [1.82, 2.24) is 0 Å². The highest BCUT2D eigenvalue weighted by Gasteiger charge is 2.13. The number of furan rings is 1. The van der Waals surface area contributed by atoms with E-state index < -0.39 is 5.97 Å². The van der Waals surface area contributed by atoms with Gasteiger partial charge in [0.1, 0.15) is 5.76 Å². The number of anilines is 1. The lowest BCUT2D eigenvalue weighted by Crippen LogP contribution is -2.03. The Labute approximate surface area is 104 Å². The van der Waals surface area contributed by atoms with Crippen LogP contribution in [-0.4, -0.2) is 12.6 Å². The number of nitrogen functional groups attached to an aromatic ring is 1. The number of benzene rings is 1. The van der Waals surface area contributed by atoms with E-state index in [1.807, 2.05) is 12.1 Å². The normalized spacial score (nSPS) is 9.72. The zero-order valence-corrected chi connectivity index (χ0v) is 9.55. The average Bonchev–Trinajstić information content (AvgIpc) is 2.85. The van der Waals surface area contributed by atoms with Crippen LogP contribution in [0.1, 0.15) is 10.6 Å². The Morgan fingerprint density at radius 3 is 2.94 bits per heavy atom. The van der Waals surface area contributed by atoms with Crippen molar-refractivity contribution in [3.8, 4) is 23.7 Å². The molecule has 4 heteroatoms. The molecule has 0 radical (unpaired) electrons. The van der Waals surface area contributed by atoms with Gasteiger partial charge in [0, 0.05) is 11.3 Å². The lowest BCUT2D eigenvalue weighted by molar-refractivity contribution is 0.0521. The van der Waals surface area contributed by atoms with Crippen LogP contribution in [-0.2, 0) is 4.74 Å². The summed E-state index contributed by atoms with van der Waals surface area (Å²) in [5, 5.41) is 0. The molecule has 1 heterocycles. The molecule has 1 aromatic carbocycles. The summed E-state index contributed by atoms with van der Waals surface area (Å²) >= 11 is 0. The molecule has 90 valence electrons. The molecule has 0 fully saturated rings. The van der Waals surface area contributed by atoms with Gasteiger partial charge >= 0.3 is 5.97 Å². The molecule has 4 nitrogen and oxygen atoms in total. The van der Waals surface area contributed by atoms with Gasteiger partial charge < -0.3 is 14.9 Å². The van der Waals surface area contributed by atoms with E-state index in [-0.39, 0.29) is 12.4 Å². The molecule has 2 aromatic rings. The number of hydrogen-bond acceptors (Lipinski definition) is 4. The van der Waals surface area contributed by atoms with Crippen molar-refractivity contribution in [2.24, 2.45) is 0 Å². The monoisotopic (exact) mass is 241 g/mol. The van der Waals surface area contributed by atoms with Crippen molar-refractivity contribution in [3.63, 3.8) is 0 Å². The van der Waals surface area contributed by atoms with E-state index in [9.17, 15) is 4.79 Å². The van der Waals surface area contributed by atoms with Crippen LogP contribution in [0.5, 0.6) is 0 Å². The summed E-state index contributed by atoms with van der Waals surface area (Å²) in [6.45, 7) is -0.0762. The average molecular weight is 241 g/mol. The number of rotatable bonds is 3. The third kappa shape index (κ3) is 2.53. The molecule has 1 aromatic heterocycles. The SMILES string of the molecule is C#CCOC(=O)c1ccc(-c2cccc(N)c2)o1. The molecule has 18 heavy (non-hydrogen) atoms. The van der Waals surface area contributed by atoms with Gasteiger partial charge in [0.2, 0.25) is 5.76 Å². The fourth-order valence-corrected chi connectivity index (χ4v) is 1.47. The number of carbonyl (C=O) groups is 1. The summed E-state index contributed by atoms with van der Waals surface area (Å²) in [6.07, 6.45) is 5.00. The van der Waals surface area contributed by atoms with Gasteiger partial charge in [-0.3, -0.25) is 0 Å². The van der Waals surface area contributed by atoms with Crippen LogP contribution in [0.3, 0.4) is 0 Å². The Bertz CT molecular complexity index is 607. The van der Waals surface area contributed by atoms with Gasteiger partial charge in [-0.15, -0.1) is 6.42 Å². The first kappa shape index (κ1) is 11.8. The molecular weight excluding hydrogens is 230 g/mol. The van der Waals surface area contributed by atoms with Gasteiger partial charge in [-0.25, -0.2) is 4.79 Å². The fourth-order valence-electron chi connectivity index (χ4n) is 1.47. The Morgan fingerprint density at radius 1 is 1.39 bits per heavy atom. The van der Waals surface area contributed by atoms with Crippen LogP contribution < -0.4 is 5.73 Å². The standard InChI is InChI=1S/C14H11NO3/c1-2-8-17-14(16)13-7-6-12(18-13)10-4-3-5-11(15)9-10/h1,3-7,9H,8,15H2. The lowest BCUT2D eigenvalue weighted by Gasteiger charge is -1.99. The van der Waals surface area contributed by atoms with Gasteiger partial charge in [-0.2, -0.15) is 0 Å². The summed E-state index contributed by atoms with van der Waals surface area (Å²) in [6, 6.07) is 10.4. The maximum absolute atomic E-state index is 11.5. The molecule has 2 rings (SSSR count). The third-order valence-corrected chi connectivity index (χ3v) is 2.26. The first-order valence-corrected chi connectivity index (χ1v) is 5.27. The molecule has 0 aliphatic carbocycles. The highest BCUT2D eigenvalue weighted by molar-refractivity contribution is 5.87. The molecule has 0 amide bonds. The molecule has 0 spiro atoms. The van der Waals surface area contributed by atoms with Gasteiger partial charge in [0.15, 0.2) is 6.61 Å². The zero-order valence-electron chi connectivity index (χ0n) is 9.55. The molecule has 0 atom stereocenters. The summed E-state index contributed by atoms with van der Waals surface area (Å²) < 4.78 is 10.1. The number of esters is 1. The third-order valence-electron chi connectivity index (χ3n) is 2.26. The molecule has 0 saturated heterocycles. The van der Waals surface area contributed by atoms with Crippen molar-refractivity contribution in [3.05, 3.63) is 42.2 Å². The van der Waals surface area contributed by atoms with E-state index in [1.165, 1.54) is 6.07 Å². The Balaban J connectivity index is 2.21. The number of nitrogens with two attached hydrogens (primary N) is 1. The Hall–Kier alpha value is -2.67. The Kier molecular flexibility index (Phi) is 3.35. The first-order chi connectivity index (χ1) is 8.70. The summed E-state index contributed by atoms with van der Waals surface area (Å²) in [7, 11) is 0. The van der Waals surface area contributed by atoms with Crippen LogP contribution >= 0.6 is 0 Å². The smallest absolute Gasteiger partial charge is 0.375 e. The molecule has 0 aliphatic rings. The fraction of sp³-hybridized carbons (Fsp3) is 0.0714. The largest absolute Gasteiger partial charge is 0.449 e. The van der Waals surface area contributed by atoms with Gasteiger partial charge in [-0.1, -0.05) is 18.1 Å². The van der Waals surface area contributed by atoms with Crippen LogP contribution in [0.2, 0.25) is 0 Å². The first-order valence-electron chi connectivity index (χ1n) is 5.27. The molecule has 0 unspecified atom stereocenters. The van der Waals surface area contributed by atoms with Crippen LogP contribution in [0.25, 0.3) is 11.3 Å². The van der Waals surface area contributed by atoms with E-state index >= 15 is 0 Å². The van der Waals surface area contributed by atoms with E-state index in [1.54, 1.807) is 18.2 Å². The topological polar surface area (TPSA) is 65.5 Å². The van der Waals surface area contributed by atoms with Crippen LogP contribution in [0, 0.1) is 12.3 Å². The second-order valence-corrected chi connectivity index (χ2v) is 3.57. The second kappa shape index (κ2) is 5.11. The van der Waals surface area contributed by atoms with Crippen molar-refractivity contribution >= 4 is 11.7 Å². The summed E-state index contributed by atoms with van der Waals surface area (Å²) in [5.41, 5.74) is 7.10. The molecule has 0 bridgehead atoms. The van der Waals surface area contributed by atoms with Crippen LogP contribution in [0.4, 0.5) is 5.69 Å². The van der Waals surface area contributed by atoms with Crippen molar-refractivity contribution in [2.75, 3.05) is 12.3 Å².